The zero-order chi connectivity index (χ0) is 33.4. The van der Waals surface area contributed by atoms with E-state index in [4.69, 9.17) is 5.73 Å². The predicted molar refractivity (Wildman–Crippen MR) is 176 cm³/mol. The highest BCUT2D eigenvalue weighted by atomic mass is 16.3. The van der Waals surface area contributed by atoms with Gasteiger partial charge in [0.15, 0.2) is 0 Å². The van der Waals surface area contributed by atoms with E-state index in [0.717, 1.165) is 22.3 Å². The Kier molecular flexibility index (Phi) is 12.2. The molecule has 3 rings (SSSR count). The van der Waals surface area contributed by atoms with Crippen LogP contribution in [0.4, 0.5) is 0 Å². The summed E-state index contributed by atoms with van der Waals surface area (Å²) in [5, 5.41) is 22.5. The molecule has 1 fully saturated rings. The smallest absolute Gasteiger partial charge is 0.243 e. The summed E-state index contributed by atoms with van der Waals surface area (Å²) in [7, 11) is 0. The molecule has 2 aromatic carbocycles. The van der Waals surface area contributed by atoms with E-state index in [0.29, 0.717) is 32.2 Å². The molecule has 0 aromatic heterocycles. The van der Waals surface area contributed by atoms with Crippen molar-refractivity contribution in [3.63, 3.8) is 0 Å². The van der Waals surface area contributed by atoms with Crippen molar-refractivity contribution in [3.8, 4) is 5.75 Å². The van der Waals surface area contributed by atoms with Crippen LogP contribution in [-0.2, 0) is 42.8 Å². The normalized spacial score (nSPS) is 19.8. The highest BCUT2D eigenvalue weighted by molar-refractivity contribution is 5.93. The average Bonchev–Trinajstić information content (AvgIpc) is 2.95. The molecule has 3 atom stereocenters. The van der Waals surface area contributed by atoms with Crippen LogP contribution in [-0.4, -0.2) is 60.0 Å². The van der Waals surface area contributed by atoms with Crippen molar-refractivity contribution in [1.82, 2.24) is 21.3 Å². The number of benzene rings is 2. The number of carbonyl (C=O) groups is 4. The summed E-state index contributed by atoms with van der Waals surface area (Å²) >= 11 is 0. The van der Waals surface area contributed by atoms with Gasteiger partial charge in [0.2, 0.25) is 23.6 Å². The van der Waals surface area contributed by atoms with Crippen molar-refractivity contribution in [2.24, 2.45) is 5.73 Å². The fourth-order valence-corrected chi connectivity index (χ4v) is 5.39. The van der Waals surface area contributed by atoms with Gasteiger partial charge in [0.25, 0.3) is 0 Å². The molecular weight excluding hydrogens is 570 g/mol. The van der Waals surface area contributed by atoms with Gasteiger partial charge in [-0.3, -0.25) is 19.2 Å². The number of nitrogens with one attached hydrogen (secondary N) is 4. The molecule has 0 radical (unpaired) electrons. The summed E-state index contributed by atoms with van der Waals surface area (Å²) in [4.78, 5) is 52.7. The van der Waals surface area contributed by atoms with Crippen LogP contribution in [0.3, 0.4) is 0 Å². The molecule has 0 spiro atoms. The second-order valence-corrected chi connectivity index (χ2v) is 14.0. The standard InChI is InChI=1S/C35H51N5O5/c1-34(2,3)24-18-23(19-25(30(24)42)35(4,5)6)21-28-32(44)38-17-15-29(41)37-16-11-10-14-27(33(45)40-28)39-31(43)26(36)20-22-12-8-7-9-13-22/h7-9,12-13,18-19,26-28,42H,10-11,14-17,20-21,36H2,1-6H3,(H,37,41)(H,38,44)(H,39,43)(H,40,45)/t26-,27-,28-/m0/s1. The highest BCUT2D eigenvalue weighted by Gasteiger charge is 2.31. The van der Waals surface area contributed by atoms with Crippen LogP contribution in [0.25, 0.3) is 0 Å². The molecule has 10 nitrogen and oxygen atoms in total. The molecule has 7 N–H and O–H groups in total. The van der Waals surface area contributed by atoms with E-state index in [-0.39, 0.29) is 41.9 Å². The minimum atomic E-state index is -0.994. The molecule has 1 saturated heterocycles. The fourth-order valence-electron chi connectivity index (χ4n) is 5.39. The van der Waals surface area contributed by atoms with E-state index in [2.05, 4.69) is 21.3 Å². The van der Waals surface area contributed by atoms with E-state index in [1.807, 2.05) is 84.0 Å². The molecule has 1 heterocycles. The van der Waals surface area contributed by atoms with Gasteiger partial charge >= 0.3 is 0 Å². The largest absolute Gasteiger partial charge is 0.507 e. The Labute approximate surface area is 267 Å². The summed E-state index contributed by atoms with van der Waals surface area (Å²) in [5.41, 5.74) is 8.62. The minimum absolute atomic E-state index is 0.113. The monoisotopic (exact) mass is 621 g/mol. The highest BCUT2D eigenvalue weighted by Crippen LogP contribution is 2.40. The van der Waals surface area contributed by atoms with Crippen LogP contribution in [0.15, 0.2) is 42.5 Å². The molecular formula is C35H51N5O5. The van der Waals surface area contributed by atoms with Gasteiger partial charge in [-0.15, -0.1) is 0 Å². The molecule has 2 aromatic rings. The second kappa shape index (κ2) is 15.4. The first-order chi connectivity index (χ1) is 21.1. The fraction of sp³-hybridized carbons (Fsp3) is 0.543. The molecule has 4 amide bonds. The lowest BCUT2D eigenvalue weighted by Gasteiger charge is -2.29. The lowest BCUT2D eigenvalue weighted by molar-refractivity contribution is -0.132. The van der Waals surface area contributed by atoms with Gasteiger partial charge in [0, 0.05) is 25.9 Å². The number of phenolic OH excluding ortho intramolecular Hbond substituents is 1. The zero-order valence-corrected chi connectivity index (χ0v) is 27.6. The van der Waals surface area contributed by atoms with Crippen LogP contribution in [0.2, 0.25) is 0 Å². The van der Waals surface area contributed by atoms with Crippen LogP contribution in [0.5, 0.6) is 5.75 Å². The molecule has 0 unspecified atom stereocenters. The zero-order valence-electron chi connectivity index (χ0n) is 27.6. The van der Waals surface area contributed by atoms with Gasteiger partial charge < -0.3 is 32.1 Å². The number of nitrogens with two attached hydrogens (primary N) is 1. The molecule has 10 heteroatoms. The Morgan fingerprint density at radius 2 is 1.53 bits per heavy atom. The third-order valence-electron chi connectivity index (χ3n) is 8.02. The number of aromatic hydroxyl groups is 1. The van der Waals surface area contributed by atoms with E-state index in [1.54, 1.807) is 0 Å². The van der Waals surface area contributed by atoms with Crippen molar-refractivity contribution in [2.75, 3.05) is 13.1 Å². The van der Waals surface area contributed by atoms with Crippen molar-refractivity contribution < 1.29 is 24.3 Å². The summed E-state index contributed by atoms with van der Waals surface area (Å²) in [6.45, 7) is 12.6. The number of amides is 4. The van der Waals surface area contributed by atoms with Gasteiger partial charge in [0.05, 0.1) is 6.04 Å². The molecule has 1 aliphatic heterocycles. The quantitative estimate of drug-likeness (QED) is 0.291. The topological polar surface area (TPSA) is 163 Å². The summed E-state index contributed by atoms with van der Waals surface area (Å²) in [6, 6.07) is 10.4. The van der Waals surface area contributed by atoms with Gasteiger partial charge in [-0.05, 0) is 58.8 Å². The molecule has 0 saturated carbocycles. The molecule has 45 heavy (non-hydrogen) atoms. The average molecular weight is 622 g/mol. The van der Waals surface area contributed by atoms with Crippen LogP contribution in [0.1, 0.15) is 89.5 Å². The number of phenols is 1. The van der Waals surface area contributed by atoms with Gasteiger partial charge in [-0.25, -0.2) is 0 Å². The number of hydrogen-bond donors (Lipinski definition) is 6. The third kappa shape index (κ3) is 10.6. The lowest BCUT2D eigenvalue weighted by Crippen LogP contribution is -2.56. The second-order valence-electron chi connectivity index (χ2n) is 14.0. The number of rotatable bonds is 6. The Hall–Kier alpha value is -3.92. The van der Waals surface area contributed by atoms with Crippen molar-refractivity contribution in [2.45, 2.75) is 109 Å². The van der Waals surface area contributed by atoms with Crippen molar-refractivity contribution in [3.05, 3.63) is 64.7 Å². The first-order valence-corrected chi connectivity index (χ1v) is 15.9. The first kappa shape index (κ1) is 35.6. The van der Waals surface area contributed by atoms with Crippen molar-refractivity contribution in [1.29, 1.82) is 0 Å². The maximum Gasteiger partial charge on any atom is 0.243 e. The van der Waals surface area contributed by atoms with Crippen LogP contribution in [0, 0.1) is 0 Å². The first-order valence-electron chi connectivity index (χ1n) is 15.9. The minimum Gasteiger partial charge on any atom is -0.507 e. The molecule has 0 bridgehead atoms. The SMILES string of the molecule is CC(C)(C)c1cc(C[C@@H]2NC(=O)[C@@H](NC(=O)[C@@H](N)Cc3ccccc3)CCCCNC(=O)CCNC2=O)cc(C(C)(C)C)c1O. The number of hydrogen-bond acceptors (Lipinski definition) is 6. The van der Waals surface area contributed by atoms with E-state index >= 15 is 0 Å². The van der Waals surface area contributed by atoms with Crippen LogP contribution < -0.4 is 27.0 Å². The van der Waals surface area contributed by atoms with Gasteiger partial charge in [0.1, 0.15) is 17.8 Å². The number of carbonyl (C=O) groups excluding carboxylic acids is 4. The van der Waals surface area contributed by atoms with Crippen molar-refractivity contribution >= 4 is 23.6 Å². The summed E-state index contributed by atoms with van der Waals surface area (Å²) in [6.07, 6.45) is 2.06. The predicted octanol–water partition coefficient (Wildman–Crippen LogP) is 2.88. The Bertz CT molecular complexity index is 1310. The van der Waals surface area contributed by atoms with Gasteiger partial charge in [-0.1, -0.05) is 84.0 Å². The van der Waals surface area contributed by atoms with E-state index in [1.165, 1.54) is 0 Å². The maximum atomic E-state index is 13.7. The molecule has 246 valence electrons. The van der Waals surface area contributed by atoms with E-state index < -0.39 is 35.8 Å². The Morgan fingerprint density at radius 1 is 0.911 bits per heavy atom. The molecule has 0 aliphatic carbocycles. The third-order valence-corrected chi connectivity index (χ3v) is 8.02. The summed E-state index contributed by atoms with van der Waals surface area (Å²) < 4.78 is 0. The van der Waals surface area contributed by atoms with E-state index in [9.17, 15) is 24.3 Å². The van der Waals surface area contributed by atoms with Gasteiger partial charge in [-0.2, -0.15) is 0 Å². The lowest BCUT2D eigenvalue weighted by atomic mass is 9.78. The summed E-state index contributed by atoms with van der Waals surface area (Å²) in [5.74, 6) is -1.34. The Morgan fingerprint density at radius 3 is 2.13 bits per heavy atom. The molecule has 1 aliphatic rings. The Balaban J connectivity index is 1.91. The maximum absolute atomic E-state index is 13.7. The van der Waals surface area contributed by atoms with Crippen LogP contribution >= 0.6 is 0 Å².